The summed E-state index contributed by atoms with van der Waals surface area (Å²) >= 11 is 0. The predicted molar refractivity (Wildman–Crippen MR) is 112 cm³/mol. The number of rotatable bonds is 6. The average Bonchev–Trinajstić information content (AvgIpc) is 3.34. The molecule has 2 fully saturated rings. The van der Waals surface area contributed by atoms with Crippen molar-refractivity contribution >= 4 is 5.91 Å². The molecule has 1 saturated carbocycles. The number of hydrogen-bond acceptors (Lipinski definition) is 4. The van der Waals surface area contributed by atoms with Gasteiger partial charge in [-0.15, -0.1) is 5.10 Å². The number of carbonyl (C=O) groups is 1. The lowest BCUT2D eigenvalue weighted by molar-refractivity contribution is -0.133. The van der Waals surface area contributed by atoms with Crippen LogP contribution in [0.5, 0.6) is 0 Å². The van der Waals surface area contributed by atoms with E-state index in [0.29, 0.717) is 17.5 Å². The van der Waals surface area contributed by atoms with Gasteiger partial charge in [-0.3, -0.25) is 9.36 Å². The molecule has 7 nitrogen and oxygen atoms in total. The Morgan fingerprint density at radius 1 is 1.03 bits per heavy atom. The lowest BCUT2D eigenvalue weighted by Gasteiger charge is -2.32. The SMILES string of the molecule is O=C(Cn1nc(-c2ccco2)n(C2CC2)c1=O)N1CCC(Cc2ccccc2)CC1. The Hall–Kier alpha value is -3.09. The van der Waals surface area contributed by atoms with Crippen molar-refractivity contribution in [2.75, 3.05) is 13.1 Å². The van der Waals surface area contributed by atoms with Crippen LogP contribution in [-0.4, -0.2) is 38.2 Å². The minimum atomic E-state index is -0.226. The van der Waals surface area contributed by atoms with Gasteiger partial charge in [0.05, 0.1) is 6.26 Å². The number of piperidine rings is 1. The first-order valence-corrected chi connectivity index (χ1v) is 10.7. The smallest absolute Gasteiger partial charge is 0.347 e. The predicted octanol–water partition coefficient (Wildman–Crippen LogP) is 3.12. The highest BCUT2D eigenvalue weighted by atomic mass is 16.3. The third kappa shape index (κ3) is 3.84. The first-order valence-electron chi connectivity index (χ1n) is 10.7. The van der Waals surface area contributed by atoms with Crippen molar-refractivity contribution in [1.29, 1.82) is 0 Å². The molecule has 1 aliphatic heterocycles. The van der Waals surface area contributed by atoms with Crippen LogP contribution >= 0.6 is 0 Å². The van der Waals surface area contributed by atoms with E-state index in [1.807, 2.05) is 11.0 Å². The molecule has 156 valence electrons. The van der Waals surface area contributed by atoms with E-state index in [4.69, 9.17) is 4.42 Å². The second-order valence-corrected chi connectivity index (χ2v) is 8.36. The number of aromatic nitrogens is 3. The Kier molecular flexibility index (Phi) is 5.02. The molecule has 0 N–H and O–H groups in total. The highest BCUT2D eigenvalue weighted by molar-refractivity contribution is 5.76. The number of hydrogen-bond donors (Lipinski definition) is 0. The van der Waals surface area contributed by atoms with E-state index in [0.717, 1.165) is 45.2 Å². The largest absolute Gasteiger partial charge is 0.461 e. The average molecular weight is 406 g/mol. The Labute approximate surface area is 174 Å². The van der Waals surface area contributed by atoms with Crippen molar-refractivity contribution < 1.29 is 9.21 Å². The maximum absolute atomic E-state index is 12.9. The van der Waals surface area contributed by atoms with E-state index in [9.17, 15) is 9.59 Å². The van der Waals surface area contributed by atoms with Gasteiger partial charge in [0.15, 0.2) is 5.76 Å². The minimum Gasteiger partial charge on any atom is -0.461 e. The fourth-order valence-electron chi connectivity index (χ4n) is 4.32. The van der Waals surface area contributed by atoms with Crippen molar-refractivity contribution in [3.8, 4) is 11.6 Å². The van der Waals surface area contributed by atoms with Crippen LogP contribution < -0.4 is 5.69 Å². The molecule has 0 radical (unpaired) electrons. The number of amides is 1. The van der Waals surface area contributed by atoms with E-state index in [1.165, 1.54) is 10.2 Å². The minimum absolute atomic E-state index is 0.0182. The normalized spacial score (nSPS) is 17.4. The van der Waals surface area contributed by atoms with Crippen molar-refractivity contribution in [3.05, 3.63) is 64.8 Å². The summed E-state index contributed by atoms with van der Waals surface area (Å²) in [7, 11) is 0. The zero-order valence-electron chi connectivity index (χ0n) is 16.9. The van der Waals surface area contributed by atoms with Crippen molar-refractivity contribution in [2.24, 2.45) is 5.92 Å². The van der Waals surface area contributed by atoms with Gasteiger partial charge in [-0.1, -0.05) is 30.3 Å². The summed E-state index contributed by atoms with van der Waals surface area (Å²) in [5, 5.41) is 4.44. The van der Waals surface area contributed by atoms with Crippen LogP contribution in [0, 0.1) is 5.92 Å². The Morgan fingerprint density at radius 3 is 2.47 bits per heavy atom. The van der Waals surface area contributed by atoms with Crippen LogP contribution in [-0.2, 0) is 17.8 Å². The standard InChI is InChI=1S/C23H26N4O3/c28-21(25-12-10-18(11-13-25)15-17-5-2-1-3-6-17)16-26-23(29)27(19-8-9-19)22(24-26)20-7-4-14-30-20/h1-7,14,18-19H,8-13,15-16H2. The molecule has 1 aromatic carbocycles. The monoisotopic (exact) mass is 406 g/mol. The summed E-state index contributed by atoms with van der Waals surface area (Å²) in [6, 6.07) is 14.2. The quantitative estimate of drug-likeness (QED) is 0.630. The molecule has 0 unspecified atom stereocenters. The van der Waals surface area contributed by atoms with Gasteiger partial charge in [0.1, 0.15) is 6.54 Å². The van der Waals surface area contributed by atoms with Crippen LogP contribution in [0.25, 0.3) is 11.6 Å². The Bertz CT molecular complexity index is 1060. The zero-order chi connectivity index (χ0) is 20.5. The van der Waals surface area contributed by atoms with Crippen LogP contribution in [0.3, 0.4) is 0 Å². The lowest BCUT2D eigenvalue weighted by atomic mass is 9.90. The lowest BCUT2D eigenvalue weighted by Crippen LogP contribution is -2.42. The number of furan rings is 1. The number of carbonyl (C=O) groups excluding carboxylic acids is 1. The summed E-state index contributed by atoms with van der Waals surface area (Å²) in [5.41, 5.74) is 1.13. The third-order valence-electron chi connectivity index (χ3n) is 6.14. The maximum atomic E-state index is 12.9. The molecule has 30 heavy (non-hydrogen) atoms. The summed E-state index contributed by atoms with van der Waals surface area (Å²) in [5.74, 6) is 1.63. The third-order valence-corrected chi connectivity index (χ3v) is 6.14. The van der Waals surface area contributed by atoms with Gasteiger partial charge in [0.25, 0.3) is 0 Å². The van der Waals surface area contributed by atoms with Crippen LogP contribution in [0.1, 0.15) is 37.3 Å². The first-order chi connectivity index (χ1) is 14.7. The van der Waals surface area contributed by atoms with Gasteiger partial charge >= 0.3 is 5.69 Å². The highest BCUT2D eigenvalue weighted by Gasteiger charge is 2.32. The topological polar surface area (TPSA) is 73.3 Å². The first kappa shape index (κ1) is 18.9. The van der Waals surface area contributed by atoms with E-state index < -0.39 is 0 Å². The molecule has 1 aliphatic carbocycles. The fraction of sp³-hybridized carbons (Fsp3) is 0.435. The van der Waals surface area contributed by atoms with Crippen molar-refractivity contribution in [1.82, 2.24) is 19.2 Å². The van der Waals surface area contributed by atoms with Crippen molar-refractivity contribution in [2.45, 2.75) is 44.7 Å². The molecular formula is C23H26N4O3. The van der Waals surface area contributed by atoms with Gasteiger partial charge in [0.2, 0.25) is 11.7 Å². The van der Waals surface area contributed by atoms with E-state index in [2.05, 4.69) is 29.4 Å². The molecule has 2 aliphatic rings. The second kappa shape index (κ2) is 7.97. The molecule has 1 amide bonds. The molecule has 7 heteroatoms. The van der Waals surface area contributed by atoms with Gasteiger partial charge in [-0.25, -0.2) is 9.48 Å². The van der Waals surface area contributed by atoms with E-state index in [1.54, 1.807) is 23.0 Å². The van der Waals surface area contributed by atoms with Gasteiger partial charge in [-0.05, 0) is 55.7 Å². The molecule has 5 rings (SSSR count). The van der Waals surface area contributed by atoms with Crippen molar-refractivity contribution in [3.63, 3.8) is 0 Å². The van der Waals surface area contributed by atoms with Crippen LogP contribution in [0.2, 0.25) is 0 Å². The summed E-state index contributed by atoms with van der Waals surface area (Å²) in [6.45, 7) is 1.45. The molecule has 0 spiro atoms. The molecule has 3 aromatic rings. The maximum Gasteiger partial charge on any atom is 0.347 e. The van der Waals surface area contributed by atoms with E-state index >= 15 is 0 Å². The molecule has 0 atom stereocenters. The molecule has 2 aromatic heterocycles. The Morgan fingerprint density at radius 2 is 1.80 bits per heavy atom. The number of nitrogens with zero attached hydrogens (tertiary/aromatic N) is 4. The molecular weight excluding hydrogens is 380 g/mol. The molecule has 1 saturated heterocycles. The van der Waals surface area contributed by atoms with Crippen LogP contribution in [0.4, 0.5) is 0 Å². The fourth-order valence-corrected chi connectivity index (χ4v) is 4.32. The number of likely N-dealkylation sites (tertiary alicyclic amines) is 1. The van der Waals surface area contributed by atoms with Gasteiger partial charge < -0.3 is 9.32 Å². The van der Waals surface area contributed by atoms with Gasteiger partial charge in [0, 0.05) is 19.1 Å². The number of benzene rings is 1. The summed E-state index contributed by atoms with van der Waals surface area (Å²) in [6.07, 6.45) is 6.53. The summed E-state index contributed by atoms with van der Waals surface area (Å²) < 4.78 is 8.44. The zero-order valence-corrected chi connectivity index (χ0v) is 16.9. The van der Waals surface area contributed by atoms with Gasteiger partial charge in [-0.2, -0.15) is 0 Å². The second-order valence-electron chi connectivity index (χ2n) is 8.36. The molecule has 3 heterocycles. The highest BCUT2D eigenvalue weighted by Crippen LogP contribution is 2.36. The van der Waals surface area contributed by atoms with Crippen LogP contribution in [0.15, 0.2) is 57.9 Å². The summed E-state index contributed by atoms with van der Waals surface area (Å²) in [4.78, 5) is 27.6. The van der Waals surface area contributed by atoms with E-state index in [-0.39, 0.29) is 24.2 Å². The Balaban J connectivity index is 1.24. The molecule has 0 bridgehead atoms.